The monoisotopic (exact) mass is 252 g/mol. The first-order valence-electron chi connectivity index (χ1n) is 4.98. The summed E-state index contributed by atoms with van der Waals surface area (Å²) >= 11 is 0. The van der Waals surface area contributed by atoms with Crippen molar-refractivity contribution in [1.82, 2.24) is 9.03 Å². The Labute approximate surface area is 94.6 Å². The van der Waals surface area contributed by atoms with Crippen LogP contribution in [0.25, 0.3) is 0 Å². The number of ether oxygens (including phenoxy) is 1. The second-order valence-electron chi connectivity index (χ2n) is 3.50. The smallest absolute Gasteiger partial charge is 0.336 e. The first-order valence-corrected chi connectivity index (χ1v) is 6.42. The molecule has 0 aromatic rings. The molecule has 1 unspecified atom stereocenters. The Kier molecular flexibility index (Phi) is 4.66. The number of hydrogen-bond donors (Lipinski definition) is 2. The molecule has 0 amide bonds. The molecule has 0 spiro atoms. The Morgan fingerprint density at radius 2 is 2.06 bits per heavy atom. The van der Waals surface area contributed by atoms with Crippen LogP contribution in [0.3, 0.4) is 0 Å². The van der Waals surface area contributed by atoms with E-state index in [0.29, 0.717) is 13.1 Å². The molecule has 16 heavy (non-hydrogen) atoms. The highest BCUT2D eigenvalue weighted by Gasteiger charge is 2.26. The first kappa shape index (κ1) is 13.4. The van der Waals surface area contributed by atoms with Gasteiger partial charge in [-0.15, -0.1) is 0 Å². The van der Waals surface area contributed by atoms with Crippen molar-refractivity contribution in [3.63, 3.8) is 0 Å². The average Bonchev–Trinajstić information content (AvgIpc) is 2.78. The number of aliphatic hydroxyl groups is 1. The molecule has 0 radical (unpaired) electrons. The topological polar surface area (TPSA) is 95.9 Å². The minimum Gasteiger partial charge on any atom is -0.467 e. The molecule has 1 aliphatic rings. The van der Waals surface area contributed by atoms with Crippen LogP contribution in [0.5, 0.6) is 0 Å². The molecular weight excluding hydrogens is 236 g/mol. The van der Waals surface area contributed by atoms with Crippen molar-refractivity contribution in [2.75, 3.05) is 26.7 Å². The van der Waals surface area contributed by atoms with Crippen molar-refractivity contribution in [2.24, 2.45) is 0 Å². The van der Waals surface area contributed by atoms with Crippen molar-refractivity contribution >= 4 is 16.2 Å². The number of nitrogens with one attached hydrogen (secondary N) is 1. The Balaban J connectivity index is 2.44. The van der Waals surface area contributed by atoms with Gasteiger partial charge in [0.05, 0.1) is 7.11 Å². The van der Waals surface area contributed by atoms with Gasteiger partial charge >= 0.3 is 5.97 Å². The lowest BCUT2D eigenvalue weighted by Crippen LogP contribution is -2.44. The molecule has 1 fully saturated rings. The van der Waals surface area contributed by atoms with Crippen molar-refractivity contribution < 1.29 is 23.1 Å². The predicted molar refractivity (Wildman–Crippen MR) is 55.8 cm³/mol. The summed E-state index contributed by atoms with van der Waals surface area (Å²) in [6.45, 7) is 0.582. The highest BCUT2D eigenvalue weighted by Crippen LogP contribution is 2.10. The highest BCUT2D eigenvalue weighted by molar-refractivity contribution is 7.87. The molecule has 0 saturated carbocycles. The molecule has 1 rings (SSSR count). The van der Waals surface area contributed by atoms with E-state index < -0.39 is 22.3 Å². The molecular formula is C8H16N2O5S. The molecule has 1 atom stereocenters. The molecule has 0 aliphatic carbocycles. The number of methoxy groups -OCH3 is 1. The summed E-state index contributed by atoms with van der Waals surface area (Å²) < 4.78 is 30.9. The van der Waals surface area contributed by atoms with Crippen LogP contribution in [0.1, 0.15) is 12.8 Å². The third-order valence-corrected chi connectivity index (χ3v) is 3.91. The van der Waals surface area contributed by atoms with E-state index in [0.717, 1.165) is 20.0 Å². The maximum Gasteiger partial charge on any atom is 0.336 e. The number of rotatable bonds is 5. The van der Waals surface area contributed by atoms with Gasteiger partial charge in [-0.3, -0.25) is 0 Å². The molecule has 2 N–H and O–H groups in total. The van der Waals surface area contributed by atoms with Crippen LogP contribution in [0.2, 0.25) is 0 Å². The van der Waals surface area contributed by atoms with Crippen LogP contribution >= 0.6 is 0 Å². The Hall–Kier alpha value is -0.700. The molecule has 0 aromatic carbocycles. The van der Waals surface area contributed by atoms with Crippen molar-refractivity contribution in [2.45, 2.75) is 18.9 Å². The molecule has 0 bridgehead atoms. The maximum atomic E-state index is 11.6. The van der Waals surface area contributed by atoms with Gasteiger partial charge in [-0.1, -0.05) is 0 Å². The fourth-order valence-electron chi connectivity index (χ4n) is 1.42. The highest BCUT2D eigenvalue weighted by atomic mass is 32.2. The van der Waals surface area contributed by atoms with Gasteiger partial charge in [0.2, 0.25) is 0 Å². The van der Waals surface area contributed by atoms with E-state index in [2.05, 4.69) is 9.46 Å². The van der Waals surface area contributed by atoms with E-state index in [9.17, 15) is 18.3 Å². The molecule has 8 heteroatoms. The normalized spacial score (nSPS) is 19.6. The zero-order valence-corrected chi connectivity index (χ0v) is 9.87. The van der Waals surface area contributed by atoms with E-state index in [1.165, 1.54) is 4.31 Å². The van der Waals surface area contributed by atoms with Crippen LogP contribution in [0.4, 0.5) is 0 Å². The quantitative estimate of drug-likeness (QED) is 0.578. The summed E-state index contributed by atoms with van der Waals surface area (Å²) in [6.07, 6.45) is 0.198. The van der Waals surface area contributed by atoms with Crippen LogP contribution < -0.4 is 4.72 Å². The maximum absolute atomic E-state index is 11.6. The Morgan fingerprint density at radius 3 is 2.56 bits per heavy atom. The lowest BCUT2D eigenvalue weighted by Gasteiger charge is -2.17. The van der Waals surface area contributed by atoms with Gasteiger partial charge in [-0.05, 0) is 12.8 Å². The Morgan fingerprint density at radius 1 is 1.50 bits per heavy atom. The van der Waals surface area contributed by atoms with Gasteiger partial charge in [0.1, 0.15) is 0 Å². The number of hydrogen-bond acceptors (Lipinski definition) is 5. The average molecular weight is 252 g/mol. The number of carbonyl (C=O) groups is 1. The second-order valence-corrected chi connectivity index (χ2v) is 5.25. The number of carbonyl (C=O) groups excluding carboxylic acids is 1. The SMILES string of the molecule is COC(=O)C(O)CNS(=O)(=O)N1CCCC1. The predicted octanol–water partition coefficient (Wildman–Crippen LogP) is -1.55. The zero-order chi connectivity index (χ0) is 12.2. The van der Waals surface area contributed by atoms with E-state index in [1.54, 1.807) is 0 Å². The zero-order valence-electron chi connectivity index (χ0n) is 9.05. The van der Waals surface area contributed by atoms with E-state index in [1.807, 2.05) is 0 Å². The molecule has 7 nitrogen and oxygen atoms in total. The van der Waals surface area contributed by atoms with Crippen LogP contribution in [0, 0.1) is 0 Å². The number of esters is 1. The minimum atomic E-state index is -3.58. The summed E-state index contributed by atoms with van der Waals surface area (Å²) in [4.78, 5) is 10.8. The molecule has 1 saturated heterocycles. The van der Waals surface area contributed by atoms with Gasteiger partial charge in [-0.2, -0.15) is 17.4 Å². The first-order chi connectivity index (χ1) is 7.47. The number of nitrogens with zero attached hydrogens (tertiary/aromatic N) is 1. The van der Waals surface area contributed by atoms with Crippen molar-refractivity contribution in [3.8, 4) is 0 Å². The van der Waals surface area contributed by atoms with Crippen molar-refractivity contribution in [1.29, 1.82) is 0 Å². The van der Waals surface area contributed by atoms with Gasteiger partial charge in [-0.25, -0.2) is 4.79 Å². The van der Waals surface area contributed by atoms with E-state index >= 15 is 0 Å². The van der Waals surface area contributed by atoms with Crippen LogP contribution in [-0.4, -0.2) is 56.6 Å². The summed E-state index contributed by atoms with van der Waals surface area (Å²) in [7, 11) is -2.46. The Bertz CT molecular complexity index is 336. The summed E-state index contributed by atoms with van der Waals surface area (Å²) in [5, 5.41) is 9.20. The fourth-order valence-corrected chi connectivity index (χ4v) is 2.71. The lowest BCUT2D eigenvalue weighted by atomic mass is 10.4. The van der Waals surface area contributed by atoms with Crippen LogP contribution in [-0.2, 0) is 19.7 Å². The fraction of sp³-hybridized carbons (Fsp3) is 0.875. The van der Waals surface area contributed by atoms with Gasteiger partial charge in [0, 0.05) is 19.6 Å². The minimum absolute atomic E-state index is 0.370. The molecule has 1 heterocycles. The summed E-state index contributed by atoms with van der Waals surface area (Å²) in [5.41, 5.74) is 0. The molecule has 1 aliphatic heterocycles. The van der Waals surface area contributed by atoms with Gasteiger partial charge < -0.3 is 9.84 Å². The third-order valence-electron chi connectivity index (χ3n) is 2.34. The van der Waals surface area contributed by atoms with Crippen molar-refractivity contribution in [3.05, 3.63) is 0 Å². The van der Waals surface area contributed by atoms with E-state index in [4.69, 9.17) is 0 Å². The summed E-state index contributed by atoms with van der Waals surface area (Å²) in [5.74, 6) is -0.857. The second kappa shape index (κ2) is 5.58. The van der Waals surface area contributed by atoms with Gasteiger partial charge in [0.15, 0.2) is 6.10 Å². The standard InChI is InChI=1S/C8H16N2O5S/c1-15-8(12)7(11)6-9-16(13,14)10-4-2-3-5-10/h7,9,11H,2-6H2,1H3. The summed E-state index contributed by atoms with van der Waals surface area (Å²) in [6, 6.07) is 0. The van der Waals surface area contributed by atoms with E-state index in [-0.39, 0.29) is 6.54 Å². The lowest BCUT2D eigenvalue weighted by molar-refractivity contribution is -0.149. The largest absolute Gasteiger partial charge is 0.467 e. The van der Waals surface area contributed by atoms with Crippen LogP contribution in [0.15, 0.2) is 0 Å². The molecule has 94 valence electrons. The molecule has 0 aromatic heterocycles. The van der Waals surface area contributed by atoms with Gasteiger partial charge in [0.25, 0.3) is 10.2 Å². The third kappa shape index (κ3) is 3.41. The number of aliphatic hydroxyl groups excluding tert-OH is 1.